The molecule has 2 amide bonds. The molecule has 0 aromatic carbocycles. The van der Waals surface area contributed by atoms with Crippen molar-refractivity contribution in [2.24, 2.45) is 11.5 Å². The number of primary amides is 1. The van der Waals surface area contributed by atoms with Crippen LogP contribution in [0.2, 0.25) is 0 Å². The molecule has 0 rings (SSSR count). The normalized spacial score (nSPS) is 12.6. The van der Waals surface area contributed by atoms with Crippen LogP contribution in [0.4, 0.5) is 0 Å². The molecule has 0 aliphatic carbocycles. The van der Waals surface area contributed by atoms with Crippen molar-refractivity contribution in [1.82, 2.24) is 15.6 Å². The number of nitrogens with zero attached hydrogens (tertiary/aromatic N) is 2. The zero-order valence-electron chi connectivity index (χ0n) is 10.1. The Balaban J connectivity index is 4.41. The summed E-state index contributed by atoms with van der Waals surface area (Å²) in [6, 6.07) is -0.913. The summed E-state index contributed by atoms with van der Waals surface area (Å²) >= 11 is 0. The Morgan fingerprint density at radius 2 is 1.94 bits per heavy atom. The fourth-order valence-electron chi connectivity index (χ4n) is 1.10. The molecular formula is C9H21N5O2. The highest BCUT2D eigenvalue weighted by Gasteiger charge is 2.23. The number of hydrazine groups is 2. The van der Waals surface area contributed by atoms with Crippen LogP contribution in [0.25, 0.3) is 0 Å². The van der Waals surface area contributed by atoms with Crippen LogP contribution in [-0.4, -0.2) is 48.6 Å². The van der Waals surface area contributed by atoms with Crippen molar-refractivity contribution in [2.75, 3.05) is 20.6 Å². The fraction of sp³-hybridized carbons (Fsp3) is 0.778. The number of nitrogens with two attached hydrogens (primary N) is 2. The van der Waals surface area contributed by atoms with Gasteiger partial charge in [-0.1, -0.05) is 6.92 Å². The molecule has 0 heterocycles. The Labute approximate surface area is 95.7 Å². The molecule has 7 nitrogen and oxygen atoms in total. The maximum atomic E-state index is 11.8. The Morgan fingerprint density at radius 1 is 1.38 bits per heavy atom. The summed E-state index contributed by atoms with van der Waals surface area (Å²) in [5.74, 6) is -0.965. The lowest BCUT2D eigenvalue weighted by atomic mass is 10.2. The van der Waals surface area contributed by atoms with Crippen molar-refractivity contribution >= 4 is 11.8 Å². The van der Waals surface area contributed by atoms with E-state index in [0.717, 1.165) is 6.42 Å². The van der Waals surface area contributed by atoms with Gasteiger partial charge in [0.05, 0.1) is 12.5 Å². The van der Waals surface area contributed by atoms with E-state index in [1.54, 1.807) is 19.1 Å². The van der Waals surface area contributed by atoms with Crippen molar-refractivity contribution in [2.45, 2.75) is 25.8 Å². The third kappa shape index (κ3) is 5.06. The highest BCUT2D eigenvalue weighted by atomic mass is 16.2. The number of rotatable bonds is 7. The number of hydrogen-bond donors (Lipinski definition) is 3. The maximum Gasteiger partial charge on any atom is 0.269 e. The van der Waals surface area contributed by atoms with E-state index < -0.39 is 11.9 Å². The average Bonchev–Trinajstić information content (AvgIpc) is 2.16. The SMILES string of the molecule is CCCNN(C(=O)[C@@H](N)CC(N)=O)N(C)C. The van der Waals surface area contributed by atoms with Crippen LogP contribution in [0.15, 0.2) is 0 Å². The van der Waals surface area contributed by atoms with Crippen LogP contribution in [0, 0.1) is 0 Å². The first-order valence-electron chi connectivity index (χ1n) is 5.18. The second kappa shape index (κ2) is 7.15. The van der Waals surface area contributed by atoms with Gasteiger partial charge in [-0.15, -0.1) is 0 Å². The smallest absolute Gasteiger partial charge is 0.269 e. The first-order chi connectivity index (χ1) is 7.40. The molecule has 0 aliphatic heterocycles. The van der Waals surface area contributed by atoms with E-state index in [4.69, 9.17) is 11.5 Å². The van der Waals surface area contributed by atoms with E-state index in [-0.39, 0.29) is 12.3 Å². The van der Waals surface area contributed by atoms with Crippen molar-refractivity contribution in [1.29, 1.82) is 0 Å². The van der Waals surface area contributed by atoms with E-state index >= 15 is 0 Å². The molecule has 94 valence electrons. The van der Waals surface area contributed by atoms with Gasteiger partial charge in [0.15, 0.2) is 0 Å². The summed E-state index contributed by atoms with van der Waals surface area (Å²) in [4.78, 5) is 22.5. The Morgan fingerprint density at radius 3 is 2.31 bits per heavy atom. The van der Waals surface area contributed by atoms with Gasteiger partial charge in [-0.05, 0) is 6.42 Å². The third-order valence-corrected chi connectivity index (χ3v) is 1.86. The van der Waals surface area contributed by atoms with Gasteiger partial charge >= 0.3 is 0 Å². The first-order valence-corrected chi connectivity index (χ1v) is 5.18. The Hall–Kier alpha value is -1.18. The van der Waals surface area contributed by atoms with Crippen LogP contribution in [0.3, 0.4) is 0 Å². The Bertz CT molecular complexity index is 244. The zero-order valence-corrected chi connectivity index (χ0v) is 10.1. The molecule has 0 saturated heterocycles. The largest absolute Gasteiger partial charge is 0.370 e. The van der Waals surface area contributed by atoms with Gasteiger partial charge in [0.25, 0.3) is 5.91 Å². The second-order valence-electron chi connectivity index (χ2n) is 3.68. The molecule has 0 fully saturated rings. The van der Waals surface area contributed by atoms with Crippen molar-refractivity contribution in [3.8, 4) is 0 Å². The van der Waals surface area contributed by atoms with Crippen molar-refractivity contribution in [3.63, 3.8) is 0 Å². The van der Waals surface area contributed by atoms with E-state index in [2.05, 4.69) is 5.43 Å². The zero-order chi connectivity index (χ0) is 12.7. The number of nitrogens with one attached hydrogen (secondary N) is 1. The van der Waals surface area contributed by atoms with Gasteiger partial charge in [0, 0.05) is 20.6 Å². The summed E-state index contributed by atoms with van der Waals surface area (Å²) in [5.41, 5.74) is 13.5. The molecule has 1 atom stereocenters. The van der Waals surface area contributed by atoms with Crippen LogP contribution >= 0.6 is 0 Å². The lowest BCUT2D eigenvalue weighted by Crippen LogP contribution is -2.57. The minimum absolute atomic E-state index is 0.156. The van der Waals surface area contributed by atoms with Gasteiger partial charge in [-0.2, -0.15) is 0 Å². The van der Waals surface area contributed by atoms with Crippen molar-refractivity contribution in [3.05, 3.63) is 0 Å². The van der Waals surface area contributed by atoms with E-state index in [1.165, 1.54) is 5.12 Å². The predicted octanol–water partition coefficient (Wildman–Crippen LogP) is -1.59. The van der Waals surface area contributed by atoms with Crippen LogP contribution in [-0.2, 0) is 9.59 Å². The van der Waals surface area contributed by atoms with Gasteiger partial charge in [0.2, 0.25) is 5.91 Å². The summed E-state index contributed by atoms with van der Waals surface area (Å²) in [5, 5.41) is 2.86. The molecule has 0 bridgehead atoms. The molecular weight excluding hydrogens is 210 g/mol. The molecule has 0 unspecified atom stereocenters. The van der Waals surface area contributed by atoms with Gasteiger partial charge < -0.3 is 11.5 Å². The topological polar surface area (TPSA) is 105 Å². The summed E-state index contributed by atoms with van der Waals surface area (Å²) in [6.07, 6.45) is 0.722. The molecule has 0 aromatic rings. The highest BCUT2D eigenvalue weighted by Crippen LogP contribution is 1.96. The molecule has 0 spiro atoms. The lowest BCUT2D eigenvalue weighted by Gasteiger charge is -2.30. The van der Waals surface area contributed by atoms with Crippen molar-refractivity contribution < 1.29 is 9.59 Å². The van der Waals surface area contributed by atoms with E-state index in [1.807, 2.05) is 6.92 Å². The quantitative estimate of drug-likeness (QED) is 0.458. The van der Waals surface area contributed by atoms with Crippen LogP contribution in [0.1, 0.15) is 19.8 Å². The third-order valence-electron chi connectivity index (χ3n) is 1.86. The maximum absolute atomic E-state index is 11.8. The summed E-state index contributed by atoms with van der Waals surface area (Å²) in [6.45, 7) is 2.63. The van der Waals surface area contributed by atoms with E-state index in [0.29, 0.717) is 6.54 Å². The average molecular weight is 231 g/mol. The predicted molar refractivity (Wildman–Crippen MR) is 60.6 cm³/mol. The summed E-state index contributed by atoms with van der Waals surface area (Å²) in [7, 11) is 3.41. The van der Waals surface area contributed by atoms with Crippen LogP contribution in [0.5, 0.6) is 0 Å². The molecule has 16 heavy (non-hydrogen) atoms. The number of carbonyl (C=O) groups excluding carboxylic acids is 2. The first kappa shape index (κ1) is 14.8. The molecule has 0 aromatic heterocycles. The molecule has 5 N–H and O–H groups in total. The monoisotopic (exact) mass is 231 g/mol. The molecule has 0 aliphatic rings. The minimum atomic E-state index is -0.913. The van der Waals surface area contributed by atoms with Crippen LogP contribution < -0.4 is 16.9 Å². The second-order valence-corrected chi connectivity index (χ2v) is 3.68. The molecule has 0 saturated carbocycles. The number of hydrogen-bond acceptors (Lipinski definition) is 5. The fourth-order valence-corrected chi connectivity index (χ4v) is 1.10. The highest BCUT2D eigenvalue weighted by molar-refractivity contribution is 5.87. The summed E-state index contributed by atoms with van der Waals surface area (Å²) < 4.78 is 0. The van der Waals surface area contributed by atoms with Gasteiger partial charge in [0.1, 0.15) is 0 Å². The number of amides is 2. The standard InChI is InChI=1S/C9H21N5O2/c1-4-5-12-14(13(2)3)9(16)7(10)6-8(11)15/h7,12H,4-6,10H2,1-3H3,(H2,11,15)/t7-/m0/s1. The number of carbonyl (C=O) groups is 2. The van der Waals surface area contributed by atoms with E-state index in [9.17, 15) is 9.59 Å². The lowest BCUT2D eigenvalue weighted by molar-refractivity contribution is -0.154. The van der Waals surface area contributed by atoms with Gasteiger partial charge in [-0.3, -0.25) is 9.59 Å². The minimum Gasteiger partial charge on any atom is -0.370 e. The van der Waals surface area contributed by atoms with Gasteiger partial charge in [-0.25, -0.2) is 15.6 Å². The Kier molecular flexibility index (Phi) is 6.63. The molecule has 7 heteroatoms. The molecule has 0 radical (unpaired) electrons.